The summed E-state index contributed by atoms with van der Waals surface area (Å²) in [5, 5.41) is 2.76. The van der Waals surface area contributed by atoms with Crippen LogP contribution in [-0.2, 0) is 26.2 Å². The second kappa shape index (κ2) is 12.2. The van der Waals surface area contributed by atoms with E-state index in [4.69, 9.17) is 4.74 Å². The van der Waals surface area contributed by atoms with Crippen LogP contribution in [-0.4, -0.2) is 57.6 Å². The molecule has 0 radical (unpaired) electrons. The Labute approximate surface area is 196 Å². The maximum Gasteiger partial charge on any atom is 0.242 e. The number of hydrogen-bond acceptors (Lipinski definition) is 5. The van der Waals surface area contributed by atoms with Crippen LogP contribution in [0.5, 0.6) is 5.75 Å². The predicted octanol–water partition coefficient (Wildman–Crippen LogP) is 2.79. The lowest BCUT2D eigenvalue weighted by Gasteiger charge is -2.29. The van der Waals surface area contributed by atoms with E-state index in [-0.39, 0.29) is 31.3 Å². The number of nitrogens with one attached hydrogen (secondary N) is 1. The zero-order valence-corrected chi connectivity index (χ0v) is 20.5. The molecule has 33 heavy (non-hydrogen) atoms. The van der Waals surface area contributed by atoms with E-state index in [2.05, 4.69) is 5.32 Å². The van der Waals surface area contributed by atoms with Crippen LogP contribution < -0.4 is 14.4 Å². The van der Waals surface area contributed by atoms with Crippen molar-refractivity contribution in [3.05, 3.63) is 60.2 Å². The molecule has 2 rings (SSSR count). The van der Waals surface area contributed by atoms with Crippen LogP contribution in [0, 0.1) is 0 Å². The Balaban J connectivity index is 2.15. The lowest BCUT2D eigenvalue weighted by Crippen LogP contribution is -2.47. The van der Waals surface area contributed by atoms with Crippen LogP contribution >= 0.6 is 0 Å². The number of ether oxygens (including phenoxy) is 1. The van der Waals surface area contributed by atoms with E-state index in [1.54, 1.807) is 38.3 Å². The number of amides is 2. The van der Waals surface area contributed by atoms with Crippen LogP contribution in [0.2, 0.25) is 0 Å². The van der Waals surface area contributed by atoms with E-state index in [1.165, 1.54) is 9.21 Å². The van der Waals surface area contributed by atoms with Crippen LogP contribution in [0.4, 0.5) is 5.69 Å². The van der Waals surface area contributed by atoms with Gasteiger partial charge in [-0.1, -0.05) is 30.3 Å². The van der Waals surface area contributed by atoms with Gasteiger partial charge in [0.1, 0.15) is 11.8 Å². The first-order chi connectivity index (χ1) is 15.7. The first kappa shape index (κ1) is 26.2. The minimum Gasteiger partial charge on any atom is -0.497 e. The van der Waals surface area contributed by atoms with Crippen LogP contribution in [0.3, 0.4) is 0 Å². The van der Waals surface area contributed by atoms with Gasteiger partial charge in [0.05, 0.1) is 19.1 Å². The highest BCUT2D eigenvalue weighted by Gasteiger charge is 2.26. The van der Waals surface area contributed by atoms with E-state index < -0.39 is 16.1 Å². The molecule has 1 N–H and O–H groups in total. The van der Waals surface area contributed by atoms with Crippen molar-refractivity contribution >= 4 is 27.5 Å². The SMILES string of the molecule is CCNC(=O)[C@@H](C)N(Cc1cccc(OC)c1)C(=O)CCCN(c1ccccc1)S(C)(=O)=O. The maximum absolute atomic E-state index is 13.2. The average Bonchev–Trinajstić information content (AvgIpc) is 2.79. The molecular weight excluding hydrogens is 442 g/mol. The Bertz CT molecular complexity index is 1030. The Hall–Kier alpha value is -3.07. The summed E-state index contributed by atoms with van der Waals surface area (Å²) in [6.07, 6.45) is 1.57. The summed E-state index contributed by atoms with van der Waals surface area (Å²) in [7, 11) is -1.93. The summed E-state index contributed by atoms with van der Waals surface area (Å²) in [5.74, 6) is 0.200. The fourth-order valence-corrected chi connectivity index (χ4v) is 4.44. The van der Waals surface area contributed by atoms with Gasteiger partial charge in [0.2, 0.25) is 21.8 Å². The molecule has 0 aliphatic carbocycles. The zero-order chi connectivity index (χ0) is 24.4. The van der Waals surface area contributed by atoms with Gasteiger partial charge in [-0.3, -0.25) is 13.9 Å². The van der Waals surface area contributed by atoms with Crippen LogP contribution in [0.25, 0.3) is 0 Å². The van der Waals surface area contributed by atoms with Gasteiger partial charge < -0.3 is 15.0 Å². The monoisotopic (exact) mass is 475 g/mol. The molecule has 1 atom stereocenters. The number of hydrogen-bond donors (Lipinski definition) is 1. The summed E-state index contributed by atoms with van der Waals surface area (Å²) in [4.78, 5) is 27.2. The molecule has 9 heteroatoms. The molecule has 2 aromatic carbocycles. The minimum atomic E-state index is -3.50. The summed E-state index contributed by atoms with van der Waals surface area (Å²) >= 11 is 0. The number of benzene rings is 2. The standard InChI is InChI=1S/C24H33N3O5S/c1-5-25-24(29)19(2)26(18-20-11-9-14-22(17-20)32-3)23(28)15-10-16-27(33(4,30)31)21-12-7-6-8-13-21/h6-9,11-14,17,19H,5,10,15-16,18H2,1-4H3,(H,25,29)/t19-/m1/s1. The Morgan fingerprint density at radius 2 is 1.79 bits per heavy atom. The first-order valence-corrected chi connectivity index (χ1v) is 12.7. The largest absolute Gasteiger partial charge is 0.497 e. The summed E-state index contributed by atoms with van der Waals surface area (Å²) in [6, 6.07) is 15.4. The molecule has 0 saturated carbocycles. The molecule has 0 aliphatic rings. The highest BCUT2D eigenvalue weighted by molar-refractivity contribution is 7.92. The maximum atomic E-state index is 13.2. The normalized spacial score (nSPS) is 12.0. The number of para-hydroxylation sites is 1. The molecule has 0 aromatic heterocycles. The molecule has 0 aliphatic heterocycles. The Morgan fingerprint density at radius 1 is 1.09 bits per heavy atom. The molecule has 2 amide bonds. The van der Waals surface area contributed by atoms with Crippen LogP contribution in [0.1, 0.15) is 32.3 Å². The topological polar surface area (TPSA) is 96.0 Å². The highest BCUT2D eigenvalue weighted by atomic mass is 32.2. The van der Waals surface area contributed by atoms with Gasteiger partial charge in [0, 0.05) is 26.1 Å². The van der Waals surface area contributed by atoms with E-state index in [0.29, 0.717) is 24.4 Å². The molecule has 0 saturated heterocycles. The van der Waals surface area contributed by atoms with Crippen molar-refractivity contribution in [1.29, 1.82) is 0 Å². The number of carbonyl (C=O) groups is 2. The molecule has 0 bridgehead atoms. The second-order valence-corrected chi connectivity index (χ2v) is 9.62. The molecule has 0 heterocycles. The molecule has 0 spiro atoms. The molecular formula is C24H33N3O5S. The van der Waals surface area contributed by atoms with Crippen molar-refractivity contribution < 1.29 is 22.7 Å². The lowest BCUT2D eigenvalue weighted by atomic mass is 10.1. The Kier molecular flexibility index (Phi) is 9.72. The van der Waals surface area contributed by atoms with Crippen LogP contribution in [0.15, 0.2) is 54.6 Å². The van der Waals surface area contributed by atoms with Gasteiger partial charge in [-0.05, 0) is 50.1 Å². The molecule has 8 nitrogen and oxygen atoms in total. The molecule has 180 valence electrons. The van der Waals surface area contributed by atoms with E-state index in [9.17, 15) is 18.0 Å². The van der Waals surface area contributed by atoms with Crippen molar-refractivity contribution in [2.75, 3.05) is 30.8 Å². The van der Waals surface area contributed by atoms with Gasteiger partial charge in [0.25, 0.3) is 0 Å². The van der Waals surface area contributed by atoms with Crippen molar-refractivity contribution in [2.45, 2.75) is 39.3 Å². The number of methoxy groups -OCH3 is 1. The third-order valence-corrected chi connectivity index (χ3v) is 6.40. The first-order valence-electron chi connectivity index (χ1n) is 10.9. The van der Waals surface area contributed by atoms with Gasteiger partial charge >= 0.3 is 0 Å². The average molecular weight is 476 g/mol. The minimum absolute atomic E-state index is 0.104. The van der Waals surface area contributed by atoms with Gasteiger partial charge in [-0.15, -0.1) is 0 Å². The third kappa shape index (κ3) is 7.78. The fourth-order valence-electron chi connectivity index (χ4n) is 3.47. The summed E-state index contributed by atoms with van der Waals surface area (Å²) in [5.41, 5.74) is 1.39. The van der Waals surface area contributed by atoms with Gasteiger partial charge in [0.15, 0.2) is 0 Å². The van der Waals surface area contributed by atoms with Crippen molar-refractivity contribution in [1.82, 2.24) is 10.2 Å². The number of likely N-dealkylation sites (N-methyl/N-ethyl adjacent to an activating group) is 1. The quantitative estimate of drug-likeness (QED) is 0.509. The number of anilines is 1. The van der Waals surface area contributed by atoms with Crippen molar-refractivity contribution in [2.24, 2.45) is 0 Å². The van der Waals surface area contributed by atoms with E-state index >= 15 is 0 Å². The highest BCUT2D eigenvalue weighted by Crippen LogP contribution is 2.19. The number of nitrogens with zero attached hydrogens (tertiary/aromatic N) is 2. The number of sulfonamides is 1. The number of rotatable bonds is 12. The van der Waals surface area contributed by atoms with E-state index in [0.717, 1.165) is 11.8 Å². The van der Waals surface area contributed by atoms with E-state index in [1.807, 2.05) is 37.3 Å². The molecule has 2 aromatic rings. The predicted molar refractivity (Wildman–Crippen MR) is 130 cm³/mol. The Morgan fingerprint density at radius 3 is 2.39 bits per heavy atom. The number of carbonyl (C=O) groups excluding carboxylic acids is 2. The molecule has 0 unspecified atom stereocenters. The summed E-state index contributed by atoms with van der Waals surface area (Å²) < 4.78 is 31.1. The third-order valence-electron chi connectivity index (χ3n) is 5.20. The van der Waals surface area contributed by atoms with Crippen molar-refractivity contribution in [3.8, 4) is 5.75 Å². The fraction of sp³-hybridized carbons (Fsp3) is 0.417. The smallest absolute Gasteiger partial charge is 0.242 e. The second-order valence-electron chi connectivity index (χ2n) is 7.72. The summed E-state index contributed by atoms with van der Waals surface area (Å²) in [6.45, 7) is 4.38. The zero-order valence-electron chi connectivity index (χ0n) is 19.7. The lowest BCUT2D eigenvalue weighted by molar-refractivity contribution is -0.140. The van der Waals surface area contributed by atoms with Gasteiger partial charge in [-0.25, -0.2) is 8.42 Å². The van der Waals surface area contributed by atoms with Gasteiger partial charge in [-0.2, -0.15) is 0 Å². The van der Waals surface area contributed by atoms with Crippen molar-refractivity contribution in [3.63, 3.8) is 0 Å². The molecule has 0 fully saturated rings.